The van der Waals surface area contributed by atoms with Gasteiger partial charge in [-0.1, -0.05) is 18.2 Å². The summed E-state index contributed by atoms with van der Waals surface area (Å²) < 4.78 is 13.3. The van der Waals surface area contributed by atoms with Gasteiger partial charge in [-0.2, -0.15) is 0 Å². The van der Waals surface area contributed by atoms with Gasteiger partial charge in [-0.05, 0) is 36.2 Å². The molecule has 0 unspecified atom stereocenters. The van der Waals surface area contributed by atoms with Crippen molar-refractivity contribution < 1.29 is 9.18 Å². The Labute approximate surface area is 110 Å². The Kier molecular flexibility index (Phi) is 2.71. The Hall–Kier alpha value is -2.36. The quantitative estimate of drug-likeness (QED) is 0.797. The van der Waals surface area contributed by atoms with Crippen molar-refractivity contribution in [2.75, 3.05) is 17.2 Å². The van der Waals surface area contributed by atoms with Gasteiger partial charge in [0.25, 0.3) is 5.91 Å². The number of hydrogen-bond donors (Lipinski definition) is 1. The van der Waals surface area contributed by atoms with E-state index >= 15 is 0 Å². The Morgan fingerprint density at radius 1 is 1.21 bits per heavy atom. The smallest absolute Gasteiger partial charge is 0.258 e. The van der Waals surface area contributed by atoms with Gasteiger partial charge >= 0.3 is 0 Å². The summed E-state index contributed by atoms with van der Waals surface area (Å²) in [6, 6.07) is 11.7. The minimum Gasteiger partial charge on any atom is -0.399 e. The second-order valence-corrected chi connectivity index (χ2v) is 4.61. The molecular weight excluding hydrogens is 243 g/mol. The zero-order valence-electron chi connectivity index (χ0n) is 10.3. The maximum Gasteiger partial charge on any atom is 0.258 e. The van der Waals surface area contributed by atoms with Gasteiger partial charge in [-0.3, -0.25) is 4.79 Å². The Balaban J connectivity index is 1.98. The summed E-state index contributed by atoms with van der Waals surface area (Å²) in [5.41, 5.74) is 8.16. The highest BCUT2D eigenvalue weighted by Crippen LogP contribution is 2.29. The molecule has 0 aliphatic carbocycles. The minimum atomic E-state index is -0.490. The molecule has 4 heteroatoms. The third-order valence-electron chi connectivity index (χ3n) is 3.30. The fourth-order valence-electron chi connectivity index (χ4n) is 2.44. The molecule has 1 amide bonds. The lowest BCUT2D eigenvalue weighted by Gasteiger charge is -2.17. The predicted molar refractivity (Wildman–Crippen MR) is 72.6 cm³/mol. The highest BCUT2D eigenvalue weighted by Gasteiger charge is 2.25. The van der Waals surface area contributed by atoms with Crippen molar-refractivity contribution in [1.82, 2.24) is 0 Å². The molecule has 1 aliphatic heterocycles. The van der Waals surface area contributed by atoms with E-state index in [4.69, 9.17) is 5.73 Å². The fourth-order valence-corrected chi connectivity index (χ4v) is 2.44. The molecule has 0 saturated heterocycles. The largest absolute Gasteiger partial charge is 0.399 e. The molecule has 0 atom stereocenters. The van der Waals surface area contributed by atoms with Crippen molar-refractivity contribution in [3.05, 3.63) is 59.4 Å². The monoisotopic (exact) mass is 256 g/mol. The number of amides is 1. The van der Waals surface area contributed by atoms with E-state index in [-0.39, 0.29) is 17.2 Å². The molecule has 3 nitrogen and oxygen atoms in total. The van der Waals surface area contributed by atoms with Crippen LogP contribution in [0.5, 0.6) is 0 Å². The van der Waals surface area contributed by atoms with E-state index in [9.17, 15) is 9.18 Å². The molecule has 0 radical (unpaired) electrons. The number of nitrogen functional groups attached to an aromatic ring is 1. The van der Waals surface area contributed by atoms with Crippen molar-refractivity contribution in [1.29, 1.82) is 0 Å². The van der Waals surface area contributed by atoms with Crippen LogP contribution in [0.3, 0.4) is 0 Å². The molecule has 1 heterocycles. The predicted octanol–water partition coefficient (Wildman–Crippen LogP) is 2.61. The summed E-state index contributed by atoms with van der Waals surface area (Å²) in [6.45, 7) is 0.620. The zero-order chi connectivity index (χ0) is 13.4. The van der Waals surface area contributed by atoms with Crippen LogP contribution < -0.4 is 10.6 Å². The molecule has 1 aliphatic rings. The van der Waals surface area contributed by atoms with Crippen LogP contribution in [-0.2, 0) is 6.42 Å². The van der Waals surface area contributed by atoms with Gasteiger partial charge in [0, 0.05) is 23.5 Å². The molecule has 96 valence electrons. The van der Waals surface area contributed by atoms with Crippen molar-refractivity contribution in [3.63, 3.8) is 0 Å². The Morgan fingerprint density at radius 2 is 2.00 bits per heavy atom. The van der Waals surface area contributed by atoms with Crippen LogP contribution in [0.1, 0.15) is 15.9 Å². The Morgan fingerprint density at radius 3 is 2.79 bits per heavy atom. The second kappa shape index (κ2) is 4.39. The van der Waals surface area contributed by atoms with Crippen LogP contribution in [0.25, 0.3) is 0 Å². The molecule has 0 fully saturated rings. The maximum atomic E-state index is 13.3. The normalized spacial score (nSPS) is 13.4. The highest BCUT2D eigenvalue weighted by molar-refractivity contribution is 6.07. The van der Waals surface area contributed by atoms with Crippen LogP contribution in [0.2, 0.25) is 0 Å². The number of benzene rings is 2. The summed E-state index contributed by atoms with van der Waals surface area (Å²) in [6.07, 6.45) is 0.826. The molecule has 2 aromatic carbocycles. The van der Waals surface area contributed by atoms with Gasteiger partial charge in [0.15, 0.2) is 0 Å². The first-order valence-corrected chi connectivity index (χ1v) is 6.11. The van der Waals surface area contributed by atoms with E-state index in [1.54, 1.807) is 4.90 Å². The summed E-state index contributed by atoms with van der Waals surface area (Å²) in [5.74, 6) is -0.702. The lowest BCUT2D eigenvalue weighted by atomic mass is 10.1. The zero-order valence-corrected chi connectivity index (χ0v) is 10.3. The number of para-hydroxylation sites is 1. The molecule has 19 heavy (non-hydrogen) atoms. The number of hydrogen-bond acceptors (Lipinski definition) is 2. The average Bonchev–Trinajstić information content (AvgIpc) is 2.80. The topological polar surface area (TPSA) is 46.3 Å². The van der Waals surface area contributed by atoms with Crippen LogP contribution in [0.4, 0.5) is 15.8 Å². The first kappa shape index (κ1) is 11.7. The average molecular weight is 256 g/mol. The molecule has 0 bridgehead atoms. The maximum absolute atomic E-state index is 13.3. The molecule has 3 rings (SSSR count). The van der Waals surface area contributed by atoms with Gasteiger partial charge in [-0.25, -0.2) is 4.39 Å². The molecule has 0 aromatic heterocycles. The van der Waals surface area contributed by atoms with Crippen molar-refractivity contribution in [2.45, 2.75) is 6.42 Å². The third kappa shape index (κ3) is 2.05. The van der Waals surface area contributed by atoms with E-state index < -0.39 is 5.82 Å². The lowest BCUT2D eigenvalue weighted by molar-refractivity contribution is 0.0989. The van der Waals surface area contributed by atoms with Crippen LogP contribution in [-0.4, -0.2) is 12.5 Å². The van der Waals surface area contributed by atoms with E-state index in [1.807, 2.05) is 24.3 Å². The molecule has 0 saturated carbocycles. The van der Waals surface area contributed by atoms with Crippen molar-refractivity contribution >= 4 is 17.3 Å². The number of nitrogens with two attached hydrogens (primary N) is 1. The number of nitrogens with zero attached hydrogens (tertiary/aromatic N) is 1. The third-order valence-corrected chi connectivity index (χ3v) is 3.30. The summed E-state index contributed by atoms with van der Waals surface area (Å²) in [5, 5.41) is 0. The van der Waals surface area contributed by atoms with Gasteiger partial charge in [0.1, 0.15) is 5.82 Å². The SMILES string of the molecule is Nc1cc(F)cc(C(=O)N2CCc3ccccc32)c1. The number of carbonyl (C=O) groups is 1. The number of halogens is 1. The van der Waals surface area contributed by atoms with Crippen molar-refractivity contribution in [3.8, 4) is 0 Å². The molecular formula is C15H13FN2O. The van der Waals surface area contributed by atoms with Gasteiger partial charge in [0.2, 0.25) is 0 Å². The number of carbonyl (C=O) groups excluding carboxylic acids is 1. The first-order chi connectivity index (χ1) is 9.15. The summed E-state index contributed by atoms with van der Waals surface area (Å²) in [4.78, 5) is 14.1. The van der Waals surface area contributed by atoms with Crippen LogP contribution in [0.15, 0.2) is 42.5 Å². The van der Waals surface area contributed by atoms with E-state index in [0.717, 1.165) is 17.7 Å². The first-order valence-electron chi connectivity index (χ1n) is 6.11. The highest BCUT2D eigenvalue weighted by atomic mass is 19.1. The molecule has 2 aromatic rings. The second-order valence-electron chi connectivity index (χ2n) is 4.61. The summed E-state index contributed by atoms with van der Waals surface area (Å²) in [7, 11) is 0. The fraction of sp³-hybridized carbons (Fsp3) is 0.133. The number of anilines is 2. The minimum absolute atomic E-state index is 0.212. The van der Waals surface area contributed by atoms with E-state index in [1.165, 1.54) is 18.2 Å². The van der Waals surface area contributed by atoms with Gasteiger partial charge in [-0.15, -0.1) is 0 Å². The van der Waals surface area contributed by atoms with Gasteiger partial charge < -0.3 is 10.6 Å². The number of fused-ring (bicyclic) bond motifs is 1. The molecule has 2 N–H and O–H groups in total. The number of rotatable bonds is 1. The standard InChI is InChI=1S/C15H13FN2O/c16-12-7-11(8-13(17)9-12)15(19)18-6-5-10-3-1-2-4-14(10)18/h1-4,7-9H,5-6,17H2. The van der Waals surface area contributed by atoms with Crippen molar-refractivity contribution in [2.24, 2.45) is 0 Å². The van der Waals surface area contributed by atoms with E-state index in [2.05, 4.69) is 0 Å². The molecule has 0 spiro atoms. The van der Waals surface area contributed by atoms with Crippen LogP contribution >= 0.6 is 0 Å². The summed E-state index contributed by atoms with van der Waals surface area (Å²) >= 11 is 0. The van der Waals surface area contributed by atoms with Gasteiger partial charge in [0.05, 0.1) is 0 Å². The lowest BCUT2D eigenvalue weighted by Crippen LogP contribution is -2.29. The van der Waals surface area contributed by atoms with E-state index in [0.29, 0.717) is 6.54 Å². The van der Waals surface area contributed by atoms with Crippen LogP contribution in [0, 0.1) is 5.82 Å². The Bertz CT molecular complexity index is 634.